The molecular weight excluding hydrogens is 483 g/mol. The van der Waals surface area contributed by atoms with Crippen LogP contribution in [0.2, 0.25) is 0 Å². The maximum absolute atomic E-state index is 14.7. The van der Waals surface area contributed by atoms with Crippen molar-refractivity contribution < 1.29 is 14.0 Å². The van der Waals surface area contributed by atoms with Gasteiger partial charge in [0.15, 0.2) is 0 Å². The molecule has 0 radical (unpaired) electrons. The van der Waals surface area contributed by atoms with E-state index in [0.29, 0.717) is 17.7 Å². The Hall–Kier alpha value is -3.12. The van der Waals surface area contributed by atoms with E-state index < -0.39 is 6.04 Å². The van der Waals surface area contributed by atoms with Gasteiger partial charge in [-0.1, -0.05) is 79.1 Å². The van der Waals surface area contributed by atoms with Crippen LogP contribution in [0, 0.1) is 12.7 Å². The summed E-state index contributed by atoms with van der Waals surface area (Å²) in [5, 5.41) is 3.19. The smallest absolute Gasteiger partial charge is 0.243 e. The highest BCUT2D eigenvalue weighted by atomic mass is 32.2. The number of halogens is 1. The molecule has 1 saturated carbocycles. The van der Waals surface area contributed by atoms with Gasteiger partial charge in [-0.25, -0.2) is 4.39 Å². The molecule has 0 unspecified atom stereocenters. The molecule has 0 aromatic heterocycles. The normalized spacial score (nSPS) is 14.3. The number of rotatable bonds is 11. The summed E-state index contributed by atoms with van der Waals surface area (Å²) in [4.78, 5) is 30.0. The number of benzene rings is 3. The Bertz CT molecular complexity index is 1160. The van der Waals surface area contributed by atoms with Crippen LogP contribution in [0.5, 0.6) is 0 Å². The Balaban J connectivity index is 1.56. The average Bonchev–Trinajstić information content (AvgIpc) is 3.42. The molecule has 0 bridgehead atoms. The second-order valence-electron chi connectivity index (χ2n) is 9.72. The number of carbonyl (C=O) groups is 2. The van der Waals surface area contributed by atoms with Gasteiger partial charge in [0.2, 0.25) is 11.8 Å². The third kappa shape index (κ3) is 7.93. The van der Waals surface area contributed by atoms with E-state index in [2.05, 4.69) is 29.6 Å². The molecule has 1 fully saturated rings. The lowest BCUT2D eigenvalue weighted by Gasteiger charge is -2.32. The van der Waals surface area contributed by atoms with Crippen LogP contribution >= 0.6 is 11.8 Å². The third-order valence-corrected chi connectivity index (χ3v) is 7.89. The fraction of sp³-hybridized carbons (Fsp3) is 0.355. The number of thioether (sulfide) groups is 1. The molecule has 0 aliphatic heterocycles. The van der Waals surface area contributed by atoms with Crippen molar-refractivity contribution in [2.75, 3.05) is 5.75 Å². The highest BCUT2D eigenvalue weighted by molar-refractivity contribution is 7.99. The summed E-state index contributed by atoms with van der Waals surface area (Å²) < 4.78 is 14.7. The van der Waals surface area contributed by atoms with E-state index in [1.165, 1.54) is 11.6 Å². The van der Waals surface area contributed by atoms with Crippen LogP contribution in [0.25, 0.3) is 0 Å². The fourth-order valence-corrected chi connectivity index (χ4v) is 5.61. The van der Waals surface area contributed by atoms with E-state index in [4.69, 9.17) is 0 Å². The molecule has 4 nitrogen and oxygen atoms in total. The number of amides is 2. The Kier molecular flexibility index (Phi) is 9.78. The average molecular weight is 519 g/mol. The lowest BCUT2D eigenvalue weighted by molar-refractivity contribution is -0.141. The van der Waals surface area contributed by atoms with Gasteiger partial charge >= 0.3 is 0 Å². The molecule has 6 heteroatoms. The minimum Gasteiger partial charge on any atom is -0.352 e. The minimum absolute atomic E-state index is 0.0519. The van der Waals surface area contributed by atoms with E-state index >= 15 is 0 Å². The number of aryl methyl sites for hydroxylation is 1. The molecule has 194 valence electrons. The predicted octanol–water partition coefficient (Wildman–Crippen LogP) is 6.32. The van der Waals surface area contributed by atoms with Crippen molar-refractivity contribution in [1.29, 1.82) is 0 Å². The number of nitrogens with zero attached hydrogens (tertiary/aromatic N) is 1. The highest BCUT2D eigenvalue weighted by Gasteiger charge is 2.32. The van der Waals surface area contributed by atoms with Gasteiger partial charge in [-0.15, -0.1) is 11.8 Å². The second kappa shape index (κ2) is 13.4. The van der Waals surface area contributed by atoms with E-state index in [-0.39, 0.29) is 36.6 Å². The van der Waals surface area contributed by atoms with Gasteiger partial charge in [0.25, 0.3) is 0 Å². The molecule has 3 aromatic carbocycles. The van der Waals surface area contributed by atoms with Crippen molar-refractivity contribution in [2.45, 2.75) is 69.0 Å². The number of carbonyl (C=O) groups excluding carboxylic acids is 2. The predicted molar refractivity (Wildman–Crippen MR) is 148 cm³/mol. The zero-order valence-corrected chi connectivity index (χ0v) is 22.2. The van der Waals surface area contributed by atoms with Gasteiger partial charge in [-0.3, -0.25) is 9.59 Å². The summed E-state index contributed by atoms with van der Waals surface area (Å²) in [6, 6.07) is 23.8. The summed E-state index contributed by atoms with van der Waals surface area (Å²) in [5.41, 5.74) is 2.57. The molecule has 1 atom stereocenters. The lowest BCUT2D eigenvalue weighted by Crippen LogP contribution is -2.52. The quantitative estimate of drug-likeness (QED) is 0.303. The summed E-state index contributed by atoms with van der Waals surface area (Å²) >= 11 is 1.61. The Labute approximate surface area is 223 Å². The van der Waals surface area contributed by atoms with E-state index in [0.717, 1.165) is 36.1 Å². The fourth-order valence-electron chi connectivity index (χ4n) is 4.77. The standard InChI is InChI=1S/C31H35FN2O2S/c1-23-15-17-27(18-16-23)37-20-19-30(35)34(22-25-11-5-8-14-28(25)32)29(21-24-9-3-2-4-10-24)31(36)33-26-12-6-7-13-26/h2-5,8-11,14-18,26,29H,6-7,12-13,19-22H2,1H3,(H,33,36)/t29-/m0/s1. The minimum atomic E-state index is -0.723. The number of hydrogen-bond donors (Lipinski definition) is 1. The van der Waals surface area contributed by atoms with Gasteiger partial charge in [0.05, 0.1) is 0 Å². The van der Waals surface area contributed by atoms with Gasteiger partial charge in [-0.05, 0) is 43.5 Å². The van der Waals surface area contributed by atoms with Crippen molar-refractivity contribution in [3.63, 3.8) is 0 Å². The van der Waals surface area contributed by atoms with Crippen molar-refractivity contribution in [3.8, 4) is 0 Å². The van der Waals surface area contributed by atoms with Crippen LogP contribution in [0.4, 0.5) is 4.39 Å². The molecule has 0 spiro atoms. The molecule has 1 N–H and O–H groups in total. The van der Waals surface area contributed by atoms with Gasteiger partial charge in [-0.2, -0.15) is 0 Å². The van der Waals surface area contributed by atoms with Gasteiger partial charge < -0.3 is 10.2 Å². The van der Waals surface area contributed by atoms with Crippen LogP contribution in [-0.2, 0) is 22.6 Å². The largest absolute Gasteiger partial charge is 0.352 e. The van der Waals surface area contributed by atoms with Crippen LogP contribution in [0.3, 0.4) is 0 Å². The summed E-state index contributed by atoms with van der Waals surface area (Å²) in [7, 11) is 0. The first-order chi connectivity index (χ1) is 18.0. The van der Waals surface area contributed by atoms with Crippen LogP contribution < -0.4 is 5.32 Å². The Morgan fingerprint density at radius 3 is 2.35 bits per heavy atom. The second-order valence-corrected chi connectivity index (χ2v) is 10.9. The molecule has 2 amide bonds. The molecule has 1 aliphatic carbocycles. The zero-order valence-electron chi connectivity index (χ0n) is 21.4. The number of nitrogens with one attached hydrogen (secondary N) is 1. The van der Waals surface area contributed by atoms with E-state index in [9.17, 15) is 14.0 Å². The molecule has 1 aliphatic rings. The first-order valence-corrected chi connectivity index (χ1v) is 14.0. The topological polar surface area (TPSA) is 49.4 Å². The lowest BCUT2D eigenvalue weighted by atomic mass is 10.0. The summed E-state index contributed by atoms with van der Waals surface area (Å²) in [5.74, 6) is -0.0983. The number of hydrogen-bond acceptors (Lipinski definition) is 3. The van der Waals surface area contributed by atoms with Crippen LogP contribution in [0.15, 0.2) is 83.8 Å². The molecular formula is C31H35FN2O2S. The highest BCUT2D eigenvalue weighted by Crippen LogP contribution is 2.23. The Morgan fingerprint density at radius 1 is 0.973 bits per heavy atom. The van der Waals surface area contributed by atoms with Crippen molar-refractivity contribution >= 4 is 23.6 Å². The molecule has 0 saturated heterocycles. The van der Waals surface area contributed by atoms with Crippen molar-refractivity contribution in [2.24, 2.45) is 0 Å². The first kappa shape index (κ1) is 26.9. The summed E-state index contributed by atoms with van der Waals surface area (Å²) in [6.45, 7) is 2.10. The van der Waals surface area contributed by atoms with Crippen LogP contribution in [-0.4, -0.2) is 34.6 Å². The zero-order chi connectivity index (χ0) is 26.0. The maximum atomic E-state index is 14.7. The monoisotopic (exact) mass is 518 g/mol. The van der Waals surface area contributed by atoms with Crippen molar-refractivity contribution in [3.05, 3.63) is 101 Å². The van der Waals surface area contributed by atoms with Crippen LogP contribution in [0.1, 0.15) is 48.8 Å². The molecule has 3 aromatic rings. The maximum Gasteiger partial charge on any atom is 0.243 e. The third-order valence-electron chi connectivity index (χ3n) is 6.88. The SMILES string of the molecule is Cc1ccc(SCCC(=O)N(Cc2ccccc2F)[C@@H](Cc2ccccc2)C(=O)NC2CCCC2)cc1. The molecule has 0 heterocycles. The van der Waals surface area contributed by atoms with E-state index in [1.807, 2.05) is 37.3 Å². The summed E-state index contributed by atoms with van der Waals surface area (Å²) in [6.07, 6.45) is 4.75. The van der Waals surface area contributed by atoms with Gasteiger partial charge in [0, 0.05) is 41.6 Å². The van der Waals surface area contributed by atoms with E-state index in [1.54, 1.807) is 34.9 Å². The first-order valence-electron chi connectivity index (χ1n) is 13.1. The van der Waals surface area contributed by atoms with Gasteiger partial charge in [0.1, 0.15) is 11.9 Å². The molecule has 37 heavy (non-hydrogen) atoms. The molecule has 4 rings (SSSR count). The Morgan fingerprint density at radius 2 is 1.65 bits per heavy atom. The van der Waals surface area contributed by atoms with Crippen molar-refractivity contribution in [1.82, 2.24) is 10.2 Å².